The van der Waals surface area contributed by atoms with Gasteiger partial charge in [0.2, 0.25) is 0 Å². The molecule has 20 heavy (non-hydrogen) atoms. The Labute approximate surface area is 122 Å². The Morgan fingerprint density at radius 3 is 2.95 bits per heavy atom. The van der Waals surface area contributed by atoms with Crippen molar-refractivity contribution in [1.82, 2.24) is 14.8 Å². The second kappa shape index (κ2) is 5.80. The predicted molar refractivity (Wildman–Crippen MR) is 81.5 cm³/mol. The molecule has 1 aromatic heterocycles. The average molecular weight is 274 g/mol. The topological polar surface area (TPSA) is 45.4 Å². The van der Waals surface area contributed by atoms with Gasteiger partial charge in [-0.1, -0.05) is 0 Å². The van der Waals surface area contributed by atoms with Crippen molar-refractivity contribution in [3.05, 3.63) is 30.1 Å². The number of likely N-dealkylation sites (N-methyl/N-ethyl adjacent to an activating group) is 1. The zero-order chi connectivity index (χ0) is 14.0. The minimum absolute atomic E-state index is 0.222. The monoisotopic (exact) mass is 274 g/mol. The molecule has 0 spiro atoms. The first kappa shape index (κ1) is 14.0. The third kappa shape index (κ3) is 2.48. The molecule has 2 N–H and O–H groups in total. The molecule has 2 aliphatic heterocycles. The molecule has 2 fully saturated rings. The zero-order valence-corrected chi connectivity index (χ0v) is 12.5. The lowest BCUT2D eigenvalue weighted by Gasteiger charge is -2.48. The number of hydrogen-bond acceptors (Lipinski definition) is 4. The summed E-state index contributed by atoms with van der Waals surface area (Å²) in [5.41, 5.74) is 7.81. The van der Waals surface area contributed by atoms with Crippen LogP contribution >= 0.6 is 0 Å². The SMILES string of the molecule is CN(CCc1ccncc1)C1(CN)CCN2CCC1C2. The summed E-state index contributed by atoms with van der Waals surface area (Å²) < 4.78 is 0. The van der Waals surface area contributed by atoms with Crippen molar-refractivity contribution in [2.45, 2.75) is 24.8 Å². The minimum atomic E-state index is 0.222. The lowest BCUT2D eigenvalue weighted by atomic mass is 9.77. The minimum Gasteiger partial charge on any atom is -0.329 e. The summed E-state index contributed by atoms with van der Waals surface area (Å²) in [6, 6.07) is 4.22. The van der Waals surface area contributed by atoms with Crippen LogP contribution in [0.25, 0.3) is 0 Å². The van der Waals surface area contributed by atoms with E-state index in [0.717, 1.165) is 25.4 Å². The molecule has 0 aliphatic carbocycles. The number of rotatable bonds is 5. The van der Waals surface area contributed by atoms with E-state index in [-0.39, 0.29) is 5.54 Å². The molecule has 3 heterocycles. The van der Waals surface area contributed by atoms with E-state index in [1.807, 2.05) is 12.4 Å². The van der Waals surface area contributed by atoms with Gasteiger partial charge in [0.1, 0.15) is 0 Å². The molecular formula is C16H26N4. The van der Waals surface area contributed by atoms with Gasteiger partial charge in [-0.05, 0) is 63.0 Å². The maximum absolute atomic E-state index is 6.22. The Hall–Kier alpha value is -0.970. The van der Waals surface area contributed by atoms with Gasteiger partial charge in [-0.3, -0.25) is 9.88 Å². The smallest absolute Gasteiger partial charge is 0.0381 e. The van der Waals surface area contributed by atoms with Crippen LogP contribution in [-0.4, -0.2) is 60.1 Å². The van der Waals surface area contributed by atoms with Crippen LogP contribution in [0.3, 0.4) is 0 Å². The summed E-state index contributed by atoms with van der Waals surface area (Å²) >= 11 is 0. The van der Waals surface area contributed by atoms with E-state index in [4.69, 9.17) is 5.73 Å². The Kier molecular flexibility index (Phi) is 4.06. The largest absolute Gasteiger partial charge is 0.329 e. The fourth-order valence-electron chi connectivity index (χ4n) is 4.03. The maximum Gasteiger partial charge on any atom is 0.0381 e. The molecule has 0 saturated carbocycles. The van der Waals surface area contributed by atoms with Crippen LogP contribution in [0.2, 0.25) is 0 Å². The van der Waals surface area contributed by atoms with Crippen LogP contribution in [-0.2, 0) is 6.42 Å². The summed E-state index contributed by atoms with van der Waals surface area (Å²) in [7, 11) is 2.27. The number of hydrogen-bond donors (Lipinski definition) is 1. The molecule has 0 radical (unpaired) electrons. The van der Waals surface area contributed by atoms with Crippen LogP contribution in [0, 0.1) is 5.92 Å². The van der Waals surface area contributed by atoms with Crippen molar-refractivity contribution in [2.24, 2.45) is 11.7 Å². The molecule has 3 rings (SSSR count). The van der Waals surface area contributed by atoms with Crippen LogP contribution < -0.4 is 5.73 Å². The molecule has 0 aromatic carbocycles. The Bertz CT molecular complexity index is 435. The van der Waals surface area contributed by atoms with Crippen LogP contribution in [0.15, 0.2) is 24.5 Å². The van der Waals surface area contributed by atoms with Crippen molar-refractivity contribution in [3.8, 4) is 0 Å². The van der Waals surface area contributed by atoms with E-state index < -0.39 is 0 Å². The Balaban J connectivity index is 1.66. The lowest BCUT2D eigenvalue weighted by Crippen LogP contribution is -2.61. The van der Waals surface area contributed by atoms with Gasteiger partial charge in [0.15, 0.2) is 0 Å². The number of fused-ring (bicyclic) bond motifs is 2. The first-order valence-electron chi connectivity index (χ1n) is 7.77. The summed E-state index contributed by atoms with van der Waals surface area (Å²) in [6.07, 6.45) is 7.38. The molecule has 4 heteroatoms. The van der Waals surface area contributed by atoms with E-state index in [1.165, 1.54) is 38.0 Å². The van der Waals surface area contributed by atoms with Crippen molar-refractivity contribution in [3.63, 3.8) is 0 Å². The molecule has 2 aliphatic rings. The predicted octanol–water partition coefficient (Wildman–Crippen LogP) is 0.979. The van der Waals surface area contributed by atoms with Crippen molar-refractivity contribution < 1.29 is 0 Å². The van der Waals surface area contributed by atoms with E-state index >= 15 is 0 Å². The lowest BCUT2D eigenvalue weighted by molar-refractivity contribution is 0.0275. The van der Waals surface area contributed by atoms with Gasteiger partial charge in [-0.25, -0.2) is 0 Å². The molecule has 3 atom stereocenters. The summed E-state index contributed by atoms with van der Waals surface area (Å²) in [6.45, 7) is 5.60. The number of nitrogens with two attached hydrogens (primary N) is 1. The molecule has 3 unspecified atom stereocenters. The third-order valence-electron chi connectivity index (χ3n) is 5.49. The molecule has 2 saturated heterocycles. The van der Waals surface area contributed by atoms with E-state index in [9.17, 15) is 0 Å². The number of pyridine rings is 1. The highest BCUT2D eigenvalue weighted by molar-refractivity contribution is 5.11. The number of piperidine rings is 1. The summed E-state index contributed by atoms with van der Waals surface area (Å²) in [4.78, 5) is 9.22. The maximum atomic E-state index is 6.22. The first-order valence-corrected chi connectivity index (χ1v) is 7.77. The van der Waals surface area contributed by atoms with Gasteiger partial charge in [0.25, 0.3) is 0 Å². The molecular weight excluding hydrogens is 248 g/mol. The molecule has 110 valence electrons. The molecule has 0 amide bonds. The first-order chi connectivity index (χ1) is 9.74. The molecule has 4 nitrogen and oxygen atoms in total. The quantitative estimate of drug-likeness (QED) is 0.869. The van der Waals surface area contributed by atoms with Crippen molar-refractivity contribution in [1.29, 1.82) is 0 Å². The number of nitrogens with zero attached hydrogens (tertiary/aromatic N) is 3. The van der Waals surface area contributed by atoms with Gasteiger partial charge in [0, 0.05) is 37.6 Å². The fourth-order valence-corrected chi connectivity index (χ4v) is 4.03. The zero-order valence-electron chi connectivity index (χ0n) is 12.5. The molecule has 2 bridgehead atoms. The third-order valence-corrected chi connectivity index (χ3v) is 5.49. The second-order valence-corrected chi connectivity index (χ2v) is 6.37. The summed E-state index contributed by atoms with van der Waals surface area (Å²) in [5.74, 6) is 0.753. The highest BCUT2D eigenvalue weighted by atomic mass is 15.3. The second-order valence-electron chi connectivity index (χ2n) is 6.37. The van der Waals surface area contributed by atoms with Gasteiger partial charge in [0.05, 0.1) is 0 Å². The summed E-state index contributed by atoms with van der Waals surface area (Å²) in [5, 5.41) is 0. The van der Waals surface area contributed by atoms with Crippen molar-refractivity contribution >= 4 is 0 Å². The van der Waals surface area contributed by atoms with Crippen molar-refractivity contribution in [2.75, 3.05) is 39.8 Å². The normalized spacial score (nSPS) is 32.8. The van der Waals surface area contributed by atoms with Gasteiger partial charge in [-0.2, -0.15) is 0 Å². The highest BCUT2D eigenvalue weighted by Crippen LogP contribution is 2.38. The average Bonchev–Trinajstić information content (AvgIpc) is 2.90. The fraction of sp³-hybridized carbons (Fsp3) is 0.688. The van der Waals surface area contributed by atoms with E-state index in [1.54, 1.807) is 0 Å². The Morgan fingerprint density at radius 2 is 2.20 bits per heavy atom. The van der Waals surface area contributed by atoms with Gasteiger partial charge >= 0.3 is 0 Å². The van der Waals surface area contributed by atoms with Crippen LogP contribution in [0.5, 0.6) is 0 Å². The Morgan fingerprint density at radius 1 is 1.40 bits per heavy atom. The van der Waals surface area contributed by atoms with Gasteiger partial charge in [-0.15, -0.1) is 0 Å². The highest BCUT2D eigenvalue weighted by Gasteiger charge is 2.47. The van der Waals surface area contributed by atoms with Crippen LogP contribution in [0.1, 0.15) is 18.4 Å². The van der Waals surface area contributed by atoms with Crippen LogP contribution in [0.4, 0.5) is 0 Å². The van der Waals surface area contributed by atoms with Gasteiger partial charge < -0.3 is 10.6 Å². The standard InChI is InChI=1S/C16H26N4/c1-19(9-4-14-2-7-18-8-3-14)16(13-17)6-11-20-10-5-15(16)12-20/h2-3,7-8,15H,4-6,9-13,17H2,1H3. The molecule has 1 aromatic rings. The number of aromatic nitrogens is 1. The van der Waals surface area contributed by atoms with E-state index in [2.05, 4.69) is 34.0 Å². The van der Waals surface area contributed by atoms with E-state index in [0.29, 0.717) is 0 Å².